The minimum atomic E-state index is -0.969. The number of ether oxygens (including phenoxy) is 2. The number of carbonyl (C=O) groups is 1. The molecule has 0 aliphatic rings. The molecule has 4 nitrogen and oxygen atoms in total. The zero-order valence-corrected chi connectivity index (χ0v) is 16.0. The Bertz CT molecular complexity index is 887. The van der Waals surface area contributed by atoms with Crippen LogP contribution in [-0.2, 0) is 3.61 Å². The summed E-state index contributed by atoms with van der Waals surface area (Å²) in [6, 6.07) is 8.51. The van der Waals surface area contributed by atoms with Crippen LogP contribution in [0.4, 0.5) is 0 Å². The Balaban J connectivity index is 2.66. The Morgan fingerprint density at radius 3 is 2.46 bits per heavy atom. The molecule has 2 aromatic carbocycles. The van der Waals surface area contributed by atoms with E-state index in [0.29, 0.717) is 22.3 Å². The van der Waals surface area contributed by atoms with E-state index in [1.54, 1.807) is 19.1 Å². The van der Waals surface area contributed by atoms with Crippen LogP contribution in [0.2, 0.25) is 0 Å². The third-order valence-electron chi connectivity index (χ3n) is 3.70. The van der Waals surface area contributed by atoms with E-state index < -0.39 is 3.61 Å². The first kappa shape index (κ1) is 18.3. The maximum Gasteiger partial charge on any atom is 0.185 e. The lowest BCUT2D eigenvalue weighted by molar-refractivity contribution is 0.100. The van der Waals surface area contributed by atoms with E-state index in [2.05, 4.69) is 35.7 Å². The van der Waals surface area contributed by atoms with Gasteiger partial charge in [-0.25, -0.2) is 0 Å². The van der Waals surface area contributed by atoms with Gasteiger partial charge in [0.1, 0.15) is 17.2 Å². The van der Waals surface area contributed by atoms with Gasteiger partial charge in [-0.05, 0) is 59.9 Å². The molecule has 1 atom stereocenters. The fourth-order valence-electron chi connectivity index (χ4n) is 2.51. The van der Waals surface area contributed by atoms with Gasteiger partial charge in [-0.3, -0.25) is 4.79 Å². The number of ketones is 1. The van der Waals surface area contributed by atoms with Gasteiger partial charge in [-0.2, -0.15) is 0 Å². The summed E-state index contributed by atoms with van der Waals surface area (Å²) in [4.78, 5) is 12.1. The highest BCUT2D eigenvalue weighted by molar-refractivity contribution is 14.1. The van der Waals surface area contributed by atoms with Crippen molar-refractivity contribution in [3.05, 3.63) is 51.9 Å². The fourth-order valence-corrected chi connectivity index (χ4v) is 3.28. The maximum absolute atomic E-state index is 12.1. The number of phenols is 1. The van der Waals surface area contributed by atoms with Gasteiger partial charge in [-0.15, -0.1) is 0 Å². The van der Waals surface area contributed by atoms with Gasteiger partial charge in [0.05, 0.1) is 18.2 Å². The number of rotatable bonds is 5. The van der Waals surface area contributed by atoms with Crippen LogP contribution in [0.3, 0.4) is 0 Å². The largest absolute Gasteiger partial charge is 0.507 e. The number of halogens is 1. The number of carbonyl (C=O) groups excluding carboxylic acids is 1. The summed E-state index contributed by atoms with van der Waals surface area (Å²) >= 11 is 2.08. The van der Waals surface area contributed by atoms with Crippen molar-refractivity contribution in [2.24, 2.45) is 0 Å². The summed E-state index contributed by atoms with van der Waals surface area (Å²) in [7, 11) is 1.51. The summed E-state index contributed by atoms with van der Waals surface area (Å²) in [5.74, 6) is 0.643. The quantitative estimate of drug-likeness (QED) is 0.443. The second-order valence-corrected chi connectivity index (χ2v) is 7.56. The van der Waals surface area contributed by atoms with E-state index in [0.717, 1.165) is 5.22 Å². The summed E-state index contributed by atoms with van der Waals surface area (Å²) in [5, 5.41) is 11.6. The second kappa shape index (κ2) is 6.84. The van der Waals surface area contributed by atoms with Gasteiger partial charge in [0.2, 0.25) is 0 Å². The van der Waals surface area contributed by atoms with Crippen molar-refractivity contribution < 1.29 is 19.4 Å². The molecule has 0 aliphatic heterocycles. The van der Waals surface area contributed by atoms with Crippen LogP contribution in [0.5, 0.6) is 17.2 Å². The number of methoxy groups -OCH3 is 1. The monoisotopic (exact) mass is 438 g/mol. The predicted octanol–water partition coefficient (Wildman–Crippen LogP) is 3.11. The van der Waals surface area contributed by atoms with Crippen LogP contribution in [-0.4, -0.2) is 18.0 Å². The van der Waals surface area contributed by atoms with Gasteiger partial charge >= 0.3 is 0 Å². The molecule has 1 unspecified atom stereocenters. The summed E-state index contributed by atoms with van der Waals surface area (Å²) < 4.78 is 10.6. The Morgan fingerprint density at radius 1 is 1.21 bits per heavy atom. The molecule has 1 N–H and O–H groups in total. The fraction of sp³-hybridized carbons (Fsp3) is 0.211. The third-order valence-corrected chi connectivity index (χ3v) is 4.45. The lowest BCUT2D eigenvalue weighted by atomic mass is 9.97. The molecule has 0 saturated carbocycles. The summed E-state index contributed by atoms with van der Waals surface area (Å²) in [5.41, 5.74) is 0.662. The summed E-state index contributed by atoms with van der Waals surface area (Å²) in [6.07, 6.45) is 0. The highest BCUT2D eigenvalue weighted by Crippen LogP contribution is 2.43. The zero-order valence-electron chi connectivity index (χ0n) is 13.9. The predicted molar refractivity (Wildman–Crippen MR) is 103 cm³/mol. The van der Waals surface area contributed by atoms with E-state index in [-0.39, 0.29) is 17.1 Å². The smallest absolute Gasteiger partial charge is 0.185 e. The van der Waals surface area contributed by atoms with Crippen molar-refractivity contribution in [1.82, 2.24) is 0 Å². The first-order chi connectivity index (χ1) is 11.2. The molecule has 0 aromatic heterocycles. The Morgan fingerprint density at radius 2 is 1.88 bits per heavy atom. The van der Waals surface area contributed by atoms with E-state index in [4.69, 9.17) is 9.47 Å². The minimum absolute atomic E-state index is 0.106. The number of hydrogen-bond donors (Lipinski definition) is 1. The summed E-state index contributed by atoms with van der Waals surface area (Å²) in [6.45, 7) is 11.1. The number of Topliss-reactive ketones (excluding diaryl/α,β-unsaturated/α-hetero) is 1. The molecule has 0 spiro atoms. The highest BCUT2D eigenvalue weighted by Gasteiger charge is 2.35. The molecule has 0 heterocycles. The van der Waals surface area contributed by atoms with Crippen LogP contribution in [0.25, 0.3) is 13.2 Å². The molecule has 2 rings (SSSR count). The minimum Gasteiger partial charge on any atom is -0.507 e. The maximum atomic E-state index is 12.1. The molecule has 0 fully saturated rings. The lowest BCUT2D eigenvalue weighted by Gasteiger charge is -2.29. The highest BCUT2D eigenvalue weighted by atomic mass is 127. The molecule has 24 heavy (non-hydrogen) atoms. The van der Waals surface area contributed by atoms with Gasteiger partial charge in [-0.1, -0.05) is 25.3 Å². The van der Waals surface area contributed by atoms with E-state index in [1.165, 1.54) is 20.1 Å². The molecule has 5 heteroatoms. The van der Waals surface area contributed by atoms with Crippen molar-refractivity contribution in [2.75, 3.05) is 7.11 Å². The number of hydrogen-bond acceptors (Lipinski definition) is 4. The van der Waals surface area contributed by atoms with Crippen LogP contribution in [0.15, 0.2) is 30.3 Å². The SMILES string of the molecule is C=c1cccc(OC(C)(I)c2c(OC)ccc(O)c2C(C)=O)c1=C. The van der Waals surface area contributed by atoms with Gasteiger partial charge in [0.15, 0.2) is 9.39 Å². The second-order valence-electron chi connectivity index (χ2n) is 5.51. The van der Waals surface area contributed by atoms with E-state index in [9.17, 15) is 9.90 Å². The topological polar surface area (TPSA) is 55.8 Å². The van der Waals surface area contributed by atoms with Crippen LogP contribution in [0, 0.1) is 0 Å². The first-order valence-corrected chi connectivity index (χ1v) is 8.33. The van der Waals surface area contributed by atoms with E-state index in [1.807, 2.05) is 12.1 Å². The molecule has 2 aromatic rings. The van der Waals surface area contributed by atoms with Crippen LogP contribution in [0.1, 0.15) is 29.8 Å². The Kier molecular flexibility index (Phi) is 5.22. The standard InChI is InChI=1S/C19H19IO4/c1-11-7-6-8-15(12(11)2)24-19(4,20)18-16(23-5)10-9-14(22)17(18)13(3)21/h6-10,22H,1-2H2,3-5H3. The Labute approximate surface area is 154 Å². The third kappa shape index (κ3) is 3.40. The number of alkyl halides is 1. The molecule has 126 valence electrons. The van der Waals surface area contributed by atoms with Gasteiger partial charge in [0.25, 0.3) is 0 Å². The Hall–Kier alpha value is -2.02. The molecule has 0 saturated heterocycles. The normalized spacial score (nSPS) is 13.2. The molecular formula is C19H19IO4. The van der Waals surface area contributed by atoms with Crippen LogP contribution < -0.4 is 19.9 Å². The molecule has 0 aliphatic carbocycles. The van der Waals surface area contributed by atoms with Crippen molar-refractivity contribution in [3.63, 3.8) is 0 Å². The van der Waals surface area contributed by atoms with E-state index >= 15 is 0 Å². The average molecular weight is 438 g/mol. The molecule has 0 radical (unpaired) electrons. The van der Waals surface area contributed by atoms with Crippen molar-refractivity contribution in [3.8, 4) is 17.2 Å². The first-order valence-electron chi connectivity index (χ1n) is 7.25. The number of phenolic OH excluding ortho intramolecular Hbond substituents is 1. The van der Waals surface area contributed by atoms with Gasteiger partial charge in [0, 0.05) is 5.22 Å². The molecule has 0 bridgehead atoms. The van der Waals surface area contributed by atoms with Crippen molar-refractivity contribution in [1.29, 1.82) is 0 Å². The molecule has 0 amide bonds. The van der Waals surface area contributed by atoms with Crippen LogP contribution >= 0.6 is 22.6 Å². The lowest BCUT2D eigenvalue weighted by Crippen LogP contribution is -2.31. The number of benzene rings is 2. The number of aromatic hydroxyl groups is 1. The van der Waals surface area contributed by atoms with Crippen molar-refractivity contribution >= 4 is 41.5 Å². The zero-order chi connectivity index (χ0) is 18.1. The van der Waals surface area contributed by atoms with Crippen molar-refractivity contribution in [2.45, 2.75) is 17.5 Å². The average Bonchev–Trinajstić information content (AvgIpc) is 2.51. The molecular weight excluding hydrogens is 419 g/mol. The van der Waals surface area contributed by atoms with Gasteiger partial charge < -0.3 is 14.6 Å².